The Hall–Kier alpha value is -3.07. The summed E-state index contributed by atoms with van der Waals surface area (Å²) >= 11 is 0. The zero-order valence-electron chi connectivity index (χ0n) is 14.4. The zero-order chi connectivity index (χ0) is 18.1. The Morgan fingerprint density at radius 2 is 2.27 bits per heavy atom. The van der Waals surface area contributed by atoms with Crippen molar-refractivity contribution in [1.29, 1.82) is 0 Å². The van der Waals surface area contributed by atoms with E-state index in [0.717, 1.165) is 35.5 Å². The van der Waals surface area contributed by atoms with E-state index in [1.807, 2.05) is 29.9 Å². The first kappa shape index (κ1) is 16.4. The number of nitrogens with one attached hydrogen (secondary N) is 2. The fourth-order valence-corrected chi connectivity index (χ4v) is 2.92. The molecule has 134 valence electrons. The highest BCUT2D eigenvalue weighted by Crippen LogP contribution is 2.44. The minimum absolute atomic E-state index is 0.200. The maximum absolute atomic E-state index is 12.5. The molecule has 0 radical (unpaired) electrons. The smallest absolute Gasteiger partial charge is 0.238 e. The van der Waals surface area contributed by atoms with Gasteiger partial charge in [0.1, 0.15) is 0 Å². The van der Waals surface area contributed by atoms with Crippen molar-refractivity contribution in [2.24, 2.45) is 12.8 Å². The quantitative estimate of drug-likeness (QED) is 0.584. The molecule has 1 aliphatic carbocycles. The molecule has 4 rings (SSSR count). The number of hydrogen-bond acceptors (Lipinski definition) is 6. The molecule has 3 aromatic rings. The molecule has 26 heavy (non-hydrogen) atoms. The number of aryl methyl sites for hydroxylation is 1. The van der Waals surface area contributed by atoms with Crippen LogP contribution in [-0.2, 0) is 23.8 Å². The molecular formula is C17H20N8O. The number of nitrogens with zero attached hydrogens (tertiary/aromatic N) is 5. The molecule has 0 saturated heterocycles. The van der Waals surface area contributed by atoms with Crippen molar-refractivity contribution >= 4 is 5.91 Å². The molecule has 3 aromatic heterocycles. The summed E-state index contributed by atoms with van der Waals surface area (Å²) in [6, 6.07) is 3.13. The topological polar surface area (TPSA) is 127 Å². The summed E-state index contributed by atoms with van der Waals surface area (Å²) in [6.07, 6.45) is 9.06. The number of nitrogens with two attached hydrogens (primary N) is 1. The van der Waals surface area contributed by atoms with Crippen LogP contribution in [0.1, 0.15) is 24.2 Å². The first-order valence-electron chi connectivity index (χ1n) is 8.43. The van der Waals surface area contributed by atoms with Gasteiger partial charge in [-0.25, -0.2) is 4.98 Å². The number of H-pyrrole nitrogens is 1. The maximum atomic E-state index is 12.5. The van der Waals surface area contributed by atoms with Gasteiger partial charge in [-0.3, -0.25) is 9.89 Å². The summed E-state index contributed by atoms with van der Waals surface area (Å²) in [7, 11) is 1.88. The molecule has 0 bridgehead atoms. The molecule has 1 atom stereocenters. The Bertz CT molecular complexity index is 895. The number of aromatic nitrogens is 6. The van der Waals surface area contributed by atoms with E-state index in [2.05, 4.69) is 30.7 Å². The van der Waals surface area contributed by atoms with Gasteiger partial charge in [0.2, 0.25) is 5.91 Å². The average molecular weight is 352 g/mol. The highest BCUT2D eigenvalue weighted by Gasteiger charge is 2.48. The van der Waals surface area contributed by atoms with Gasteiger partial charge in [-0.1, -0.05) is 0 Å². The fourth-order valence-electron chi connectivity index (χ4n) is 2.92. The normalized spacial score (nSPS) is 16.2. The van der Waals surface area contributed by atoms with E-state index in [9.17, 15) is 4.79 Å². The van der Waals surface area contributed by atoms with E-state index in [-0.39, 0.29) is 5.91 Å². The van der Waals surface area contributed by atoms with Crippen LogP contribution in [0.2, 0.25) is 0 Å². The summed E-state index contributed by atoms with van der Waals surface area (Å²) in [5, 5.41) is 18.3. The summed E-state index contributed by atoms with van der Waals surface area (Å²) in [4.78, 5) is 16.7. The third-order valence-corrected chi connectivity index (χ3v) is 4.59. The monoisotopic (exact) mass is 352 g/mol. The van der Waals surface area contributed by atoms with Crippen molar-refractivity contribution in [2.45, 2.75) is 30.8 Å². The lowest BCUT2D eigenvalue weighted by Gasteiger charge is -2.19. The summed E-state index contributed by atoms with van der Waals surface area (Å²) in [5.74, 6) is -0.200. The van der Waals surface area contributed by atoms with Gasteiger partial charge in [-0.15, -0.1) is 0 Å². The van der Waals surface area contributed by atoms with E-state index >= 15 is 0 Å². The molecule has 0 aromatic carbocycles. The van der Waals surface area contributed by atoms with Gasteiger partial charge in [0.05, 0.1) is 41.2 Å². The highest BCUT2D eigenvalue weighted by atomic mass is 16.2. The maximum Gasteiger partial charge on any atom is 0.238 e. The summed E-state index contributed by atoms with van der Waals surface area (Å²) in [6.45, 7) is 0. The van der Waals surface area contributed by atoms with E-state index in [1.54, 1.807) is 18.7 Å². The number of rotatable bonds is 6. The molecule has 0 spiro atoms. The minimum Gasteiger partial charge on any atom is -0.344 e. The van der Waals surface area contributed by atoms with Crippen molar-refractivity contribution in [2.75, 3.05) is 0 Å². The van der Waals surface area contributed by atoms with Crippen molar-refractivity contribution in [3.63, 3.8) is 0 Å². The van der Waals surface area contributed by atoms with Crippen molar-refractivity contribution in [3.8, 4) is 11.3 Å². The Morgan fingerprint density at radius 3 is 2.85 bits per heavy atom. The van der Waals surface area contributed by atoms with Crippen LogP contribution in [0.3, 0.4) is 0 Å². The molecule has 4 N–H and O–H groups in total. The van der Waals surface area contributed by atoms with Gasteiger partial charge in [0.25, 0.3) is 0 Å². The molecular weight excluding hydrogens is 332 g/mol. The largest absolute Gasteiger partial charge is 0.344 e. The molecule has 1 unspecified atom stereocenters. The van der Waals surface area contributed by atoms with Gasteiger partial charge < -0.3 is 15.6 Å². The lowest BCUT2D eigenvalue weighted by Crippen LogP contribution is -2.46. The van der Waals surface area contributed by atoms with Crippen molar-refractivity contribution in [1.82, 2.24) is 35.3 Å². The Balaban J connectivity index is 1.43. The molecule has 1 amide bonds. The van der Waals surface area contributed by atoms with Crippen LogP contribution in [0.15, 0.2) is 37.1 Å². The first-order valence-corrected chi connectivity index (χ1v) is 8.43. The van der Waals surface area contributed by atoms with Crippen LogP contribution >= 0.6 is 0 Å². The highest BCUT2D eigenvalue weighted by molar-refractivity contribution is 5.83. The molecule has 1 aliphatic rings. The molecule has 1 saturated carbocycles. The second-order valence-corrected chi connectivity index (χ2v) is 6.70. The van der Waals surface area contributed by atoms with Gasteiger partial charge in [-0.2, -0.15) is 15.3 Å². The molecule has 3 heterocycles. The predicted octanol–water partition coefficient (Wildman–Crippen LogP) is 0.276. The minimum atomic E-state index is -0.652. The van der Waals surface area contributed by atoms with Crippen LogP contribution in [-0.4, -0.2) is 41.9 Å². The number of carbonyl (C=O) groups excluding carboxylic acids is 1. The standard InChI is InChI=1S/C17H20N8O/c1-25-9-12(19-10-25)6-13(18)16(26)22-17(4-5-17)15-3-2-14(23-24-15)11-7-20-21-8-11/h2-3,7-10,13H,4-6,18H2,1H3,(H,20,21)(H,22,26). The Labute approximate surface area is 150 Å². The van der Waals surface area contributed by atoms with Crippen LogP contribution in [0.4, 0.5) is 0 Å². The number of amides is 1. The van der Waals surface area contributed by atoms with Gasteiger partial charge in [-0.05, 0) is 25.0 Å². The van der Waals surface area contributed by atoms with Gasteiger partial charge >= 0.3 is 0 Å². The number of carbonyl (C=O) groups is 1. The molecule has 1 fully saturated rings. The zero-order valence-corrected chi connectivity index (χ0v) is 14.4. The lowest BCUT2D eigenvalue weighted by atomic mass is 10.1. The van der Waals surface area contributed by atoms with Crippen LogP contribution in [0.25, 0.3) is 11.3 Å². The molecule has 9 heteroatoms. The third kappa shape index (κ3) is 3.21. The Kier molecular flexibility index (Phi) is 4.00. The molecule has 9 nitrogen and oxygen atoms in total. The van der Waals surface area contributed by atoms with Crippen molar-refractivity contribution in [3.05, 3.63) is 48.4 Å². The van der Waals surface area contributed by atoms with Crippen molar-refractivity contribution < 1.29 is 4.79 Å². The number of aromatic amines is 1. The fraction of sp³-hybridized carbons (Fsp3) is 0.353. The van der Waals surface area contributed by atoms with Crippen LogP contribution < -0.4 is 11.1 Å². The van der Waals surface area contributed by atoms with Gasteiger partial charge in [0, 0.05) is 31.4 Å². The summed E-state index contributed by atoms with van der Waals surface area (Å²) in [5.41, 5.74) is 8.75. The lowest BCUT2D eigenvalue weighted by molar-refractivity contribution is -0.123. The molecule has 0 aliphatic heterocycles. The second kappa shape index (κ2) is 6.34. The van der Waals surface area contributed by atoms with E-state index < -0.39 is 11.6 Å². The van der Waals surface area contributed by atoms with Crippen LogP contribution in [0.5, 0.6) is 0 Å². The first-order chi connectivity index (χ1) is 12.6. The Morgan fingerprint density at radius 1 is 1.42 bits per heavy atom. The van der Waals surface area contributed by atoms with E-state index in [4.69, 9.17) is 5.73 Å². The SMILES string of the molecule is Cn1cnc(CC(N)C(=O)NC2(c3ccc(-c4cn[nH]c4)nn3)CC2)c1. The predicted molar refractivity (Wildman–Crippen MR) is 93.6 cm³/mol. The van der Waals surface area contributed by atoms with Crippen LogP contribution in [0, 0.1) is 0 Å². The van der Waals surface area contributed by atoms with Gasteiger partial charge in [0.15, 0.2) is 0 Å². The van der Waals surface area contributed by atoms with E-state index in [1.165, 1.54) is 0 Å². The van der Waals surface area contributed by atoms with E-state index in [0.29, 0.717) is 6.42 Å². The third-order valence-electron chi connectivity index (χ3n) is 4.59. The number of imidazole rings is 1. The average Bonchev–Trinajstić information content (AvgIpc) is 3.04. The number of hydrogen-bond donors (Lipinski definition) is 3. The summed E-state index contributed by atoms with van der Waals surface area (Å²) < 4.78 is 1.83. The second-order valence-electron chi connectivity index (χ2n) is 6.70.